The molecule has 138 valence electrons. The summed E-state index contributed by atoms with van der Waals surface area (Å²) in [5, 5.41) is 2.77. The van der Waals surface area contributed by atoms with Crippen molar-refractivity contribution in [1.82, 2.24) is 5.32 Å². The molecule has 3 N–H and O–H groups in total. The highest BCUT2D eigenvalue weighted by atomic mass is 16.5. The van der Waals surface area contributed by atoms with Gasteiger partial charge in [-0.15, -0.1) is 0 Å². The molecule has 1 aromatic carbocycles. The van der Waals surface area contributed by atoms with E-state index in [1.54, 1.807) is 12.1 Å². The average Bonchev–Trinajstić information content (AvgIpc) is 3.13. The molecule has 0 radical (unpaired) electrons. The number of para-hydroxylation sites is 1. The number of carbonyl (C=O) groups is 2. The van der Waals surface area contributed by atoms with Gasteiger partial charge in [0.25, 0.3) is 5.91 Å². The molecule has 1 atom stereocenters. The van der Waals surface area contributed by atoms with Crippen molar-refractivity contribution < 1.29 is 14.3 Å². The van der Waals surface area contributed by atoms with Gasteiger partial charge >= 0.3 is 0 Å². The summed E-state index contributed by atoms with van der Waals surface area (Å²) in [7, 11) is 0. The number of nitrogens with one attached hydrogen (secondary N) is 1. The predicted octanol–water partition coefficient (Wildman–Crippen LogP) is 1.79. The molecule has 0 aromatic heterocycles. The summed E-state index contributed by atoms with van der Waals surface area (Å²) >= 11 is 0. The van der Waals surface area contributed by atoms with Crippen LogP contribution in [-0.4, -0.2) is 35.6 Å². The quantitative estimate of drug-likeness (QED) is 0.839. The Morgan fingerprint density at radius 3 is 2.62 bits per heavy atom. The second kappa shape index (κ2) is 7.27. The molecular weight excluding hydrogens is 332 g/mol. The third kappa shape index (κ3) is 3.09. The molecule has 0 saturated heterocycles. The van der Waals surface area contributed by atoms with E-state index in [1.165, 1.54) is 6.92 Å². The predicted molar refractivity (Wildman–Crippen MR) is 99.3 cm³/mol. The molecule has 0 bridgehead atoms. The van der Waals surface area contributed by atoms with E-state index in [0.717, 1.165) is 25.7 Å². The number of benzene rings is 1. The van der Waals surface area contributed by atoms with Gasteiger partial charge in [-0.3, -0.25) is 9.59 Å². The highest BCUT2D eigenvalue weighted by molar-refractivity contribution is 6.26. The van der Waals surface area contributed by atoms with E-state index in [4.69, 9.17) is 10.5 Å². The largest absolute Gasteiger partial charge is 0.493 e. The summed E-state index contributed by atoms with van der Waals surface area (Å²) in [6.07, 6.45) is 3.61. The van der Waals surface area contributed by atoms with E-state index >= 15 is 0 Å². The van der Waals surface area contributed by atoms with Crippen LogP contribution in [0.5, 0.6) is 5.75 Å². The third-order valence-electron chi connectivity index (χ3n) is 4.94. The maximum Gasteiger partial charge on any atom is 0.281 e. The van der Waals surface area contributed by atoms with Crippen molar-refractivity contribution in [2.45, 2.75) is 45.1 Å². The van der Waals surface area contributed by atoms with Gasteiger partial charge in [-0.25, -0.2) is 4.99 Å². The van der Waals surface area contributed by atoms with Gasteiger partial charge in [-0.1, -0.05) is 25.0 Å². The summed E-state index contributed by atoms with van der Waals surface area (Å²) < 4.78 is 5.61. The maximum atomic E-state index is 13.1. The first-order valence-corrected chi connectivity index (χ1v) is 8.97. The van der Waals surface area contributed by atoms with E-state index in [-0.39, 0.29) is 23.5 Å². The van der Waals surface area contributed by atoms with Crippen LogP contribution in [0, 0.1) is 5.92 Å². The van der Waals surface area contributed by atoms with Gasteiger partial charge in [0.1, 0.15) is 11.6 Å². The maximum absolute atomic E-state index is 13.1. The lowest BCUT2D eigenvalue weighted by Crippen LogP contribution is -2.67. The number of hydrogen-bond donors (Lipinski definition) is 2. The molecule has 2 aliphatic rings. The number of nitrogens with zero attached hydrogens (tertiary/aromatic N) is 2. The molecule has 1 aromatic rings. The molecule has 1 fully saturated rings. The van der Waals surface area contributed by atoms with Crippen molar-refractivity contribution >= 4 is 23.5 Å². The Morgan fingerprint density at radius 1 is 1.31 bits per heavy atom. The minimum absolute atomic E-state index is 0.0879. The van der Waals surface area contributed by atoms with Gasteiger partial charge in [0, 0.05) is 6.92 Å². The monoisotopic (exact) mass is 356 g/mol. The third-order valence-corrected chi connectivity index (χ3v) is 4.94. The number of amidine groups is 2. The first kappa shape index (κ1) is 18.1. The number of nitrogens with two attached hydrogens (primary N) is 1. The first-order chi connectivity index (χ1) is 12.5. The van der Waals surface area contributed by atoms with Crippen LogP contribution in [0.2, 0.25) is 0 Å². The number of hydrogen-bond acceptors (Lipinski definition) is 5. The highest BCUT2D eigenvalue weighted by Gasteiger charge is 2.52. The van der Waals surface area contributed by atoms with E-state index < -0.39 is 11.4 Å². The minimum Gasteiger partial charge on any atom is -0.493 e. The van der Waals surface area contributed by atoms with Crippen molar-refractivity contribution in [3.8, 4) is 5.75 Å². The van der Waals surface area contributed by atoms with Gasteiger partial charge < -0.3 is 15.8 Å². The number of amides is 2. The molecule has 1 aliphatic heterocycles. The molecule has 1 unspecified atom stereocenters. The topological polar surface area (TPSA) is 106 Å². The average molecular weight is 356 g/mol. The lowest BCUT2D eigenvalue weighted by atomic mass is 9.79. The summed E-state index contributed by atoms with van der Waals surface area (Å²) in [4.78, 5) is 33.6. The van der Waals surface area contributed by atoms with Crippen LogP contribution < -0.4 is 15.8 Å². The SMILES string of the molecule is CCOc1ccccc1C1=NC(=O)C(NC(C)=O)(C2CCCC2)C(N)=N1. The second-order valence-electron chi connectivity index (χ2n) is 6.64. The Bertz CT molecular complexity index is 781. The van der Waals surface area contributed by atoms with Crippen molar-refractivity contribution in [3.05, 3.63) is 29.8 Å². The van der Waals surface area contributed by atoms with Gasteiger partial charge in [-0.05, 0) is 37.8 Å². The molecular formula is C19H24N4O3. The Kier molecular flexibility index (Phi) is 5.06. The molecule has 1 heterocycles. The zero-order valence-electron chi connectivity index (χ0n) is 15.1. The molecule has 0 spiro atoms. The van der Waals surface area contributed by atoms with E-state index in [0.29, 0.717) is 17.9 Å². The Morgan fingerprint density at radius 2 is 2.00 bits per heavy atom. The van der Waals surface area contributed by atoms with Gasteiger partial charge in [0.2, 0.25) is 5.91 Å². The van der Waals surface area contributed by atoms with Crippen molar-refractivity contribution in [2.24, 2.45) is 21.6 Å². The van der Waals surface area contributed by atoms with Crippen LogP contribution in [0.25, 0.3) is 0 Å². The Hall–Kier alpha value is -2.70. The van der Waals surface area contributed by atoms with Crippen LogP contribution in [0.3, 0.4) is 0 Å². The number of rotatable bonds is 5. The van der Waals surface area contributed by atoms with Crippen molar-refractivity contribution in [1.29, 1.82) is 0 Å². The molecule has 26 heavy (non-hydrogen) atoms. The van der Waals surface area contributed by atoms with Crippen LogP contribution >= 0.6 is 0 Å². The summed E-state index contributed by atoms with van der Waals surface area (Å²) in [6, 6.07) is 7.25. The first-order valence-electron chi connectivity index (χ1n) is 8.97. The van der Waals surface area contributed by atoms with Crippen LogP contribution in [0.1, 0.15) is 45.1 Å². The lowest BCUT2D eigenvalue weighted by molar-refractivity contribution is -0.129. The van der Waals surface area contributed by atoms with Crippen LogP contribution in [0.15, 0.2) is 34.3 Å². The fourth-order valence-electron chi connectivity index (χ4n) is 3.81. The van der Waals surface area contributed by atoms with Gasteiger partial charge in [0.15, 0.2) is 11.4 Å². The normalized spacial score (nSPS) is 23.4. The molecule has 2 amide bonds. The smallest absolute Gasteiger partial charge is 0.281 e. The van der Waals surface area contributed by atoms with Gasteiger partial charge in [0.05, 0.1) is 12.2 Å². The van der Waals surface area contributed by atoms with E-state index in [2.05, 4.69) is 15.3 Å². The summed E-state index contributed by atoms with van der Waals surface area (Å²) in [5.41, 5.74) is 5.54. The fourth-order valence-corrected chi connectivity index (χ4v) is 3.81. The second-order valence-corrected chi connectivity index (χ2v) is 6.64. The zero-order chi connectivity index (χ0) is 18.7. The number of ether oxygens (including phenoxy) is 1. The summed E-state index contributed by atoms with van der Waals surface area (Å²) in [6.45, 7) is 3.74. The fraction of sp³-hybridized carbons (Fsp3) is 0.474. The molecule has 1 saturated carbocycles. The van der Waals surface area contributed by atoms with Crippen molar-refractivity contribution in [2.75, 3.05) is 6.61 Å². The molecule has 1 aliphatic carbocycles. The number of aliphatic imine (C=N–C) groups is 2. The van der Waals surface area contributed by atoms with Gasteiger partial charge in [-0.2, -0.15) is 4.99 Å². The Labute approximate surface area is 152 Å². The molecule has 7 heteroatoms. The van der Waals surface area contributed by atoms with Crippen LogP contribution in [0.4, 0.5) is 0 Å². The molecule has 7 nitrogen and oxygen atoms in total. The minimum atomic E-state index is -1.34. The lowest BCUT2D eigenvalue weighted by Gasteiger charge is -2.37. The van der Waals surface area contributed by atoms with Crippen LogP contribution in [-0.2, 0) is 9.59 Å². The van der Waals surface area contributed by atoms with E-state index in [1.807, 2.05) is 19.1 Å². The standard InChI is InChI=1S/C19H24N4O3/c1-3-26-15-11-7-6-10-14(15)16-21-17(20)19(18(25)22-16,23-12(2)24)13-8-4-5-9-13/h6-7,10-11,13H,3-5,8-9H2,1-2H3,(H,23,24)(H2,20,21,22,25). The molecule has 3 rings (SSSR count). The van der Waals surface area contributed by atoms with Crippen molar-refractivity contribution in [3.63, 3.8) is 0 Å². The summed E-state index contributed by atoms with van der Waals surface area (Å²) in [5.74, 6) is 0.0303. The number of carbonyl (C=O) groups excluding carboxylic acids is 2. The van der Waals surface area contributed by atoms with E-state index in [9.17, 15) is 9.59 Å². The zero-order valence-corrected chi connectivity index (χ0v) is 15.1. The Balaban J connectivity index is 2.04. The highest BCUT2D eigenvalue weighted by Crippen LogP contribution is 2.37.